The summed E-state index contributed by atoms with van der Waals surface area (Å²) in [6, 6.07) is 0.735. The first-order valence-electron chi connectivity index (χ1n) is 5.42. The molecule has 0 spiro atoms. The minimum atomic E-state index is 0.735. The van der Waals surface area contributed by atoms with Crippen LogP contribution in [0.1, 0.15) is 19.8 Å². The molecule has 1 saturated carbocycles. The molecule has 0 aromatic carbocycles. The van der Waals surface area contributed by atoms with E-state index in [1.807, 2.05) is 11.6 Å². The van der Waals surface area contributed by atoms with Crippen molar-refractivity contribution in [2.45, 2.75) is 37.5 Å². The van der Waals surface area contributed by atoms with Gasteiger partial charge in [-0.25, -0.2) is 4.68 Å². The van der Waals surface area contributed by atoms with Gasteiger partial charge in [-0.1, -0.05) is 17.7 Å². The molecular formula is C10H15N5S. The number of thioether (sulfide) groups is 1. The third kappa shape index (κ3) is 3.51. The SMILES string of the molecule is CC#CCSc1nnnn1CCNC1CC1. The summed E-state index contributed by atoms with van der Waals surface area (Å²) in [6.07, 6.45) is 2.62. The van der Waals surface area contributed by atoms with Gasteiger partial charge < -0.3 is 5.32 Å². The Morgan fingerprint density at radius 2 is 2.44 bits per heavy atom. The monoisotopic (exact) mass is 237 g/mol. The summed E-state index contributed by atoms with van der Waals surface area (Å²) in [6.45, 7) is 3.59. The molecule has 0 radical (unpaired) electrons. The van der Waals surface area contributed by atoms with E-state index in [4.69, 9.17) is 0 Å². The highest BCUT2D eigenvalue weighted by atomic mass is 32.2. The van der Waals surface area contributed by atoms with E-state index < -0.39 is 0 Å². The first-order valence-corrected chi connectivity index (χ1v) is 6.40. The van der Waals surface area contributed by atoms with Gasteiger partial charge in [0.2, 0.25) is 5.16 Å². The number of rotatable bonds is 6. The summed E-state index contributed by atoms with van der Waals surface area (Å²) >= 11 is 1.58. The Balaban J connectivity index is 1.77. The molecule has 1 heterocycles. The van der Waals surface area contributed by atoms with E-state index in [0.29, 0.717) is 0 Å². The molecule has 16 heavy (non-hydrogen) atoms. The van der Waals surface area contributed by atoms with E-state index in [-0.39, 0.29) is 0 Å². The zero-order valence-corrected chi connectivity index (χ0v) is 10.1. The summed E-state index contributed by atoms with van der Waals surface area (Å²) in [5.41, 5.74) is 0. The van der Waals surface area contributed by atoms with Crippen LogP contribution in [0.25, 0.3) is 0 Å². The summed E-state index contributed by atoms with van der Waals surface area (Å²) in [5, 5.41) is 15.9. The molecule has 0 aliphatic heterocycles. The van der Waals surface area contributed by atoms with Crippen LogP contribution < -0.4 is 5.32 Å². The number of hydrogen-bond donors (Lipinski definition) is 1. The van der Waals surface area contributed by atoms with E-state index >= 15 is 0 Å². The first kappa shape index (κ1) is 11.4. The predicted molar refractivity (Wildman–Crippen MR) is 63.0 cm³/mol. The fourth-order valence-corrected chi connectivity index (χ4v) is 1.99. The number of nitrogens with one attached hydrogen (secondary N) is 1. The zero-order chi connectivity index (χ0) is 11.2. The van der Waals surface area contributed by atoms with Gasteiger partial charge in [-0.2, -0.15) is 0 Å². The molecule has 1 aliphatic carbocycles. The second-order valence-corrected chi connectivity index (χ2v) is 4.57. The summed E-state index contributed by atoms with van der Waals surface area (Å²) < 4.78 is 1.83. The van der Waals surface area contributed by atoms with Gasteiger partial charge in [-0.05, 0) is 30.2 Å². The highest BCUT2D eigenvalue weighted by Crippen LogP contribution is 2.18. The average molecular weight is 237 g/mol. The molecule has 1 aromatic heterocycles. The van der Waals surface area contributed by atoms with Gasteiger partial charge in [-0.15, -0.1) is 11.0 Å². The van der Waals surface area contributed by atoms with E-state index in [1.54, 1.807) is 11.8 Å². The normalized spacial score (nSPS) is 14.6. The molecule has 0 atom stereocenters. The smallest absolute Gasteiger partial charge is 0.210 e. The zero-order valence-electron chi connectivity index (χ0n) is 9.31. The van der Waals surface area contributed by atoms with E-state index in [2.05, 4.69) is 32.7 Å². The Kier molecular flexibility index (Phi) is 4.19. The van der Waals surface area contributed by atoms with Gasteiger partial charge in [-0.3, -0.25) is 0 Å². The number of nitrogens with zero attached hydrogens (tertiary/aromatic N) is 4. The van der Waals surface area contributed by atoms with Crippen molar-refractivity contribution in [3.05, 3.63) is 0 Å². The lowest BCUT2D eigenvalue weighted by Crippen LogP contribution is -2.22. The molecule has 1 fully saturated rings. The second kappa shape index (κ2) is 5.87. The molecule has 0 unspecified atom stereocenters. The molecule has 0 saturated heterocycles. The third-order valence-corrected chi connectivity index (χ3v) is 3.12. The van der Waals surface area contributed by atoms with Crippen molar-refractivity contribution in [1.29, 1.82) is 0 Å². The van der Waals surface area contributed by atoms with Crippen LogP contribution in [0.5, 0.6) is 0 Å². The van der Waals surface area contributed by atoms with Crippen LogP contribution in [0.2, 0.25) is 0 Å². The van der Waals surface area contributed by atoms with Crippen molar-refractivity contribution in [2.75, 3.05) is 12.3 Å². The lowest BCUT2D eigenvalue weighted by Gasteiger charge is -2.03. The molecule has 86 valence electrons. The highest BCUT2D eigenvalue weighted by Gasteiger charge is 2.19. The molecule has 5 nitrogen and oxygen atoms in total. The van der Waals surface area contributed by atoms with Gasteiger partial charge in [0.1, 0.15) is 0 Å². The van der Waals surface area contributed by atoms with Gasteiger partial charge in [0, 0.05) is 12.6 Å². The Morgan fingerprint density at radius 1 is 1.56 bits per heavy atom. The van der Waals surface area contributed by atoms with Crippen LogP contribution in [-0.2, 0) is 6.54 Å². The largest absolute Gasteiger partial charge is 0.312 e. The van der Waals surface area contributed by atoms with Crippen LogP contribution in [-0.4, -0.2) is 38.5 Å². The Hall–Kier alpha value is -1.06. The van der Waals surface area contributed by atoms with E-state index in [1.165, 1.54) is 12.8 Å². The van der Waals surface area contributed by atoms with Crippen LogP contribution in [0.3, 0.4) is 0 Å². The number of tetrazole rings is 1. The average Bonchev–Trinajstić information content (AvgIpc) is 3.00. The molecule has 6 heteroatoms. The highest BCUT2D eigenvalue weighted by molar-refractivity contribution is 7.99. The third-order valence-electron chi connectivity index (χ3n) is 2.28. The fourth-order valence-electron chi connectivity index (χ4n) is 1.28. The van der Waals surface area contributed by atoms with Gasteiger partial charge in [0.15, 0.2) is 0 Å². The van der Waals surface area contributed by atoms with E-state index in [0.717, 1.165) is 30.0 Å². The summed E-state index contributed by atoms with van der Waals surface area (Å²) in [4.78, 5) is 0. The lowest BCUT2D eigenvalue weighted by molar-refractivity contribution is 0.510. The fraction of sp³-hybridized carbons (Fsp3) is 0.700. The molecule has 0 bridgehead atoms. The quantitative estimate of drug-likeness (QED) is 0.578. The topological polar surface area (TPSA) is 55.6 Å². The predicted octanol–water partition coefficient (Wildman–Crippen LogP) is 0.540. The maximum Gasteiger partial charge on any atom is 0.210 e. The van der Waals surface area contributed by atoms with Crippen LogP contribution in [0.4, 0.5) is 0 Å². The Labute approximate surface area is 99.4 Å². The standard InChI is InChI=1S/C10H15N5S/c1-2-3-8-16-10-12-13-14-15(10)7-6-11-9-4-5-9/h9,11H,4-8H2,1H3. The maximum absolute atomic E-state index is 3.97. The Bertz CT molecular complexity index is 387. The molecule has 0 amide bonds. The van der Waals surface area contributed by atoms with Crippen molar-refractivity contribution in [2.24, 2.45) is 0 Å². The van der Waals surface area contributed by atoms with E-state index in [9.17, 15) is 0 Å². The molecule has 2 rings (SSSR count). The Morgan fingerprint density at radius 3 is 3.19 bits per heavy atom. The minimum absolute atomic E-state index is 0.735. The van der Waals surface area contributed by atoms with Crippen LogP contribution in [0.15, 0.2) is 5.16 Å². The molecular weight excluding hydrogens is 222 g/mol. The maximum atomic E-state index is 3.97. The molecule has 1 N–H and O–H groups in total. The summed E-state index contributed by atoms with van der Waals surface area (Å²) in [5.74, 6) is 6.58. The van der Waals surface area contributed by atoms with Crippen molar-refractivity contribution in [3.63, 3.8) is 0 Å². The van der Waals surface area contributed by atoms with Gasteiger partial charge in [0.25, 0.3) is 0 Å². The van der Waals surface area contributed by atoms with Gasteiger partial charge in [0.05, 0.1) is 12.3 Å². The van der Waals surface area contributed by atoms with Crippen molar-refractivity contribution in [3.8, 4) is 11.8 Å². The molecule has 1 aromatic rings. The van der Waals surface area contributed by atoms with Gasteiger partial charge >= 0.3 is 0 Å². The summed E-state index contributed by atoms with van der Waals surface area (Å²) in [7, 11) is 0. The van der Waals surface area contributed by atoms with Crippen molar-refractivity contribution >= 4 is 11.8 Å². The first-order chi connectivity index (χ1) is 7.90. The van der Waals surface area contributed by atoms with Crippen molar-refractivity contribution in [1.82, 2.24) is 25.5 Å². The number of hydrogen-bond acceptors (Lipinski definition) is 5. The van der Waals surface area contributed by atoms with Crippen molar-refractivity contribution < 1.29 is 0 Å². The molecule has 1 aliphatic rings. The van der Waals surface area contributed by atoms with Crippen LogP contribution >= 0.6 is 11.8 Å². The lowest BCUT2D eigenvalue weighted by atomic mass is 10.6. The minimum Gasteiger partial charge on any atom is -0.312 e. The number of aromatic nitrogens is 4. The second-order valence-electron chi connectivity index (χ2n) is 3.63. The van der Waals surface area contributed by atoms with Crippen LogP contribution in [0, 0.1) is 11.8 Å².